The van der Waals surface area contributed by atoms with E-state index in [1.54, 1.807) is 0 Å². The number of nitrogens with zero attached hydrogens (tertiary/aromatic N) is 1. The van der Waals surface area contributed by atoms with Gasteiger partial charge in [-0.15, -0.1) is 0 Å². The third kappa shape index (κ3) is 4.79. The van der Waals surface area contributed by atoms with Crippen LogP contribution in [0.15, 0.2) is 16.5 Å². The summed E-state index contributed by atoms with van der Waals surface area (Å²) >= 11 is -1.93. The van der Waals surface area contributed by atoms with Gasteiger partial charge < -0.3 is 0 Å². The average Bonchev–Trinajstić information content (AvgIpc) is 3.09. The van der Waals surface area contributed by atoms with Crippen LogP contribution in [-0.4, -0.2) is 45.9 Å². The van der Waals surface area contributed by atoms with Gasteiger partial charge in [0.25, 0.3) is 0 Å². The Labute approximate surface area is 153 Å². The Morgan fingerprint density at radius 2 is 1.62 bits per heavy atom. The van der Waals surface area contributed by atoms with E-state index in [1.165, 1.54) is 77.1 Å². The van der Waals surface area contributed by atoms with Crippen molar-refractivity contribution < 1.29 is 4.42 Å². The van der Waals surface area contributed by atoms with Crippen molar-refractivity contribution in [2.45, 2.75) is 81.4 Å². The molecule has 2 heterocycles. The van der Waals surface area contributed by atoms with E-state index >= 15 is 0 Å². The second kappa shape index (κ2) is 9.09. The van der Waals surface area contributed by atoms with Crippen LogP contribution >= 0.6 is 0 Å². The molecule has 0 saturated carbocycles. The molecule has 0 amide bonds. The number of furan rings is 1. The number of likely N-dealkylation sites (tertiary alicyclic amines) is 1. The number of hydrogen-bond donors (Lipinski definition) is 0. The van der Waals surface area contributed by atoms with Crippen LogP contribution in [0, 0.1) is 0 Å². The molecular formula is C20H39GeNOSi. The van der Waals surface area contributed by atoms with Crippen molar-refractivity contribution in [3.8, 4) is 0 Å². The van der Waals surface area contributed by atoms with E-state index in [1.807, 2.05) is 0 Å². The molecule has 0 N–H and O–H groups in total. The Morgan fingerprint density at radius 1 is 1.00 bits per heavy atom. The normalized spacial score (nSPS) is 17.4. The van der Waals surface area contributed by atoms with Gasteiger partial charge in [0.05, 0.1) is 0 Å². The van der Waals surface area contributed by atoms with Gasteiger partial charge in [0.2, 0.25) is 0 Å². The van der Waals surface area contributed by atoms with Crippen LogP contribution in [0.1, 0.15) is 46.5 Å². The van der Waals surface area contributed by atoms with Crippen LogP contribution < -0.4 is 9.98 Å². The summed E-state index contributed by atoms with van der Waals surface area (Å²) in [5, 5.41) is 5.44. The fourth-order valence-electron chi connectivity index (χ4n) is 4.31. The first-order valence-electron chi connectivity index (χ1n) is 10.3. The van der Waals surface area contributed by atoms with Crippen molar-refractivity contribution in [3.63, 3.8) is 0 Å². The molecule has 0 unspecified atom stereocenters. The molecule has 0 bridgehead atoms. The summed E-state index contributed by atoms with van der Waals surface area (Å²) in [6, 6.07) is 6.08. The Hall–Kier alpha value is -0.000260. The Balaban J connectivity index is 1.96. The first-order chi connectivity index (χ1) is 11.5. The van der Waals surface area contributed by atoms with Gasteiger partial charge >= 0.3 is 154 Å². The fraction of sp³-hybridized carbons (Fsp3) is 0.800. The first kappa shape index (κ1) is 20.3. The molecule has 1 aliphatic heterocycles. The van der Waals surface area contributed by atoms with Crippen LogP contribution in [0.4, 0.5) is 0 Å². The van der Waals surface area contributed by atoms with E-state index in [0.29, 0.717) is 0 Å². The maximum absolute atomic E-state index is 6.56. The predicted octanol–water partition coefficient (Wildman–Crippen LogP) is 4.79. The second-order valence-electron chi connectivity index (χ2n) is 8.39. The summed E-state index contributed by atoms with van der Waals surface area (Å²) in [4.78, 5) is 2.67. The molecule has 0 atom stereocenters. The molecule has 138 valence electrons. The molecule has 4 heteroatoms. The van der Waals surface area contributed by atoms with E-state index in [0.717, 1.165) is 0 Å². The summed E-state index contributed by atoms with van der Waals surface area (Å²) in [5.41, 5.74) is 0. The molecule has 0 aliphatic carbocycles. The monoisotopic (exact) mass is 411 g/mol. The molecule has 1 aliphatic rings. The van der Waals surface area contributed by atoms with E-state index in [9.17, 15) is 0 Å². The van der Waals surface area contributed by atoms with Gasteiger partial charge in [-0.25, -0.2) is 0 Å². The summed E-state index contributed by atoms with van der Waals surface area (Å²) in [7, 11) is -1.42. The fourth-order valence-corrected chi connectivity index (χ4v) is 13.7. The molecule has 0 aromatic carbocycles. The van der Waals surface area contributed by atoms with Crippen molar-refractivity contribution >= 4 is 31.3 Å². The first-order valence-corrected chi connectivity index (χ1v) is 19.0. The van der Waals surface area contributed by atoms with Gasteiger partial charge in [0.15, 0.2) is 0 Å². The number of piperidine rings is 1. The van der Waals surface area contributed by atoms with E-state index < -0.39 is 21.3 Å². The molecule has 1 aromatic rings. The van der Waals surface area contributed by atoms with Crippen LogP contribution in [-0.2, 0) is 0 Å². The molecule has 2 rings (SSSR count). The molecule has 1 fully saturated rings. The Kier molecular flexibility index (Phi) is 7.69. The third-order valence-corrected chi connectivity index (χ3v) is 21.0. The standard InChI is InChI=1S/C20H39GeNOSi/c1-6-21(7-2,8-3)19-13-14-20(23-19)24(4,5)18-12-17-22-15-10-9-11-16-22/h13-14H,6-12,15-18H2,1-5H3. The predicted molar refractivity (Wildman–Crippen MR) is 112 cm³/mol. The van der Waals surface area contributed by atoms with Crippen molar-refractivity contribution in [3.05, 3.63) is 12.1 Å². The maximum atomic E-state index is 6.56. The van der Waals surface area contributed by atoms with Crippen molar-refractivity contribution in [1.82, 2.24) is 4.90 Å². The Morgan fingerprint density at radius 3 is 2.21 bits per heavy atom. The minimum absolute atomic E-state index is 1.30. The van der Waals surface area contributed by atoms with Crippen LogP contribution in [0.2, 0.25) is 34.9 Å². The van der Waals surface area contributed by atoms with Crippen molar-refractivity contribution in [2.24, 2.45) is 0 Å². The third-order valence-electron chi connectivity index (χ3n) is 6.55. The summed E-state index contributed by atoms with van der Waals surface area (Å²) in [6.45, 7) is 16.1. The van der Waals surface area contributed by atoms with Crippen LogP contribution in [0.25, 0.3) is 0 Å². The SMILES string of the molecule is C[CH2][Ge]([CH2]C)([CH2]C)[c]1ccc([Si](C)(C)CCCN2CCCCC2)o1. The quantitative estimate of drug-likeness (QED) is 0.545. The van der Waals surface area contributed by atoms with Gasteiger partial charge in [0.1, 0.15) is 0 Å². The zero-order valence-electron chi connectivity index (χ0n) is 16.8. The van der Waals surface area contributed by atoms with Crippen molar-refractivity contribution in [1.29, 1.82) is 0 Å². The second-order valence-corrected chi connectivity index (χ2v) is 24.0. The molecule has 2 nitrogen and oxygen atoms in total. The molecular weight excluding hydrogens is 371 g/mol. The number of hydrogen-bond acceptors (Lipinski definition) is 2. The van der Waals surface area contributed by atoms with Gasteiger partial charge in [-0.2, -0.15) is 0 Å². The topological polar surface area (TPSA) is 16.4 Å². The zero-order chi connectivity index (χ0) is 17.6. The zero-order valence-corrected chi connectivity index (χ0v) is 19.9. The summed E-state index contributed by atoms with van der Waals surface area (Å²) in [5.74, 6) is 0. The Bertz CT molecular complexity index is 481. The van der Waals surface area contributed by atoms with Gasteiger partial charge in [-0.1, -0.05) is 0 Å². The molecule has 1 aromatic heterocycles. The summed E-state index contributed by atoms with van der Waals surface area (Å²) in [6.07, 6.45) is 5.59. The average molecular weight is 410 g/mol. The van der Waals surface area contributed by atoms with Crippen molar-refractivity contribution in [2.75, 3.05) is 19.6 Å². The van der Waals surface area contributed by atoms with Gasteiger partial charge in [-0.05, 0) is 0 Å². The number of rotatable bonds is 9. The minimum atomic E-state index is -1.93. The van der Waals surface area contributed by atoms with E-state index in [-0.39, 0.29) is 0 Å². The molecule has 0 radical (unpaired) electrons. The molecule has 1 saturated heterocycles. The molecule has 0 spiro atoms. The van der Waals surface area contributed by atoms with Gasteiger partial charge in [0, 0.05) is 0 Å². The van der Waals surface area contributed by atoms with E-state index in [4.69, 9.17) is 4.42 Å². The molecule has 24 heavy (non-hydrogen) atoms. The van der Waals surface area contributed by atoms with E-state index in [2.05, 4.69) is 50.9 Å². The van der Waals surface area contributed by atoms with Crippen LogP contribution in [0.3, 0.4) is 0 Å². The summed E-state index contributed by atoms with van der Waals surface area (Å²) < 4.78 is 7.99. The van der Waals surface area contributed by atoms with Gasteiger partial charge in [-0.3, -0.25) is 0 Å². The van der Waals surface area contributed by atoms with Crippen LogP contribution in [0.5, 0.6) is 0 Å².